The maximum absolute atomic E-state index is 14.2. The lowest BCUT2D eigenvalue weighted by Gasteiger charge is -2.29. The van der Waals surface area contributed by atoms with Crippen molar-refractivity contribution in [1.82, 2.24) is 0 Å². The Balaban J connectivity index is 1.81. The summed E-state index contributed by atoms with van der Waals surface area (Å²) in [5.41, 5.74) is -1.58. The number of anilines is 2. The van der Waals surface area contributed by atoms with E-state index in [4.69, 9.17) is 69.6 Å². The second-order valence-corrected chi connectivity index (χ2v) is 15.7. The Kier molecular flexibility index (Phi) is 10.7. The van der Waals surface area contributed by atoms with E-state index >= 15 is 0 Å². The van der Waals surface area contributed by atoms with Gasteiger partial charge in [-0.2, -0.15) is 8.61 Å². The molecule has 0 radical (unpaired) electrons. The van der Waals surface area contributed by atoms with E-state index in [0.29, 0.717) is 8.61 Å². The fourth-order valence-corrected chi connectivity index (χ4v) is 8.94. The molecule has 0 N–H and O–H groups in total. The molecule has 0 saturated heterocycles. The average Bonchev–Trinajstić information content (AvgIpc) is 3.08. The van der Waals surface area contributed by atoms with Crippen LogP contribution in [-0.4, -0.2) is 28.6 Å². The minimum Gasteiger partial charge on any atom is -0.268 e. The first-order valence-electron chi connectivity index (χ1n) is 13.3. The van der Waals surface area contributed by atoms with Crippen molar-refractivity contribution >= 4 is 113 Å². The Labute approximate surface area is 306 Å². The van der Waals surface area contributed by atoms with Crippen LogP contribution in [0.4, 0.5) is 11.4 Å². The molecule has 0 aromatic heterocycles. The van der Waals surface area contributed by atoms with Crippen molar-refractivity contribution in [2.24, 2.45) is 0 Å². The Morgan fingerprint density at radius 3 is 0.958 bits per heavy atom. The van der Waals surface area contributed by atoms with Gasteiger partial charge in [0.25, 0.3) is 31.9 Å². The molecule has 0 heterocycles. The Hall–Kier alpha value is -3.32. The lowest BCUT2D eigenvalue weighted by Crippen LogP contribution is -2.39. The van der Waals surface area contributed by atoms with Crippen molar-refractivity contribution in [2.45, 2.75) is 9.79 Å². The summed E-state index contributed by atoms with van der Waals surface area (Å²) in [4.78, 5) is 27.2. The highest BCUT2D eigenvalue weighted by Gasteiger charge is 2.41. The van der Waals surface area contributed by atoms with Gasteiger partial charge in [0, 0.05) is 21.2 Å². The molecule has 5 rings (SSSR count). The molecule has 0 aliphatic carbocycles. The van der Waals surface area contributed by atoms with Gasteiger partial charge >= 0.3 is 0 Å². The Morgan fingerprint density at radius 2 is 0.688 bits per heavy atom. The van der Waals surface area contributed by atoms with Gasteiger partial charge in [-0.3, -0.25) is 9.59 Å². The van der Waals surface area contributed by atoms with E-state index in [-0.39, 0.29) is 31.0 Å². The number of amides is 2. The molecule has 5 aromatic carbocycles. The number of carbonyl (C=O) groups excluding carboxylic acids is 2. The summed E-state index contributed by atoms with van der Waals surface area (Å²) in [6.45, 7) is 0. The molecule has 246 valence electrons. The number of hydrogen-bond donors (Lipinski definition) is 0. The van der Waals surface area contributed by atoms with E-state index in [0.717, 1.165) is 24.3 Å². The third-order valence-electron chi connectivity index (χ3n) is 6.74. The van der Waals surface area contributed by atoms with Gasteiger partial charge < -0.3 is 0 Å². The molecule has 5 aromatic rings. The van der Waals surface area contributed by atoms with Crippen LogP contribution in [-0.2, 0) is 20.0 Å². The summed E-state index contributed by atoms with van der Waals surface area (Å²) in [6.07, 6.45) is 0. The minimum atomic E-state index is -4.84. The van der Waals surface area contributed by atoms with Gasteiger partial charge in [-0.25, -0.2) is 16.8 Å². The van der Waals surface area contributed by atoms with Gasteiger partial charge in [-0.15, -0.1) is 0 Å². The maximum Gasteiger partial charge on any atom is 0.272 e. The smallest absolute Gasteiger partial charge is 0.268 e. The van der Waals surface area contributed by atoms with Crippen LogP contribution in [0.3, 0.4) is 0 Å². The van der Waals surface area contributed by atoms with Crippen molar-refractivity contribution in [3.63, 3.8) is 0 Å². The molecule has 0 spiro atoms. The van der Waals surface area contributed by atoms with Crippen molar-refractivity contribution in [2.75, 3.05) is 8.61 Å². The zero-order valence-electron chi connectivity index (χ0n) is 23.8. The fraction of sp³-hybridized carbons (Fsp3) is 0. The molecule has 0 atom stereocenters. The number of sulfonamides is 2. The van der Waals surface area contributed by atoms with Crippen LogP contribution >= 0.6 is 69.6 Å². The van der Waals surface area contributed by atoms with E-state index in [2.05, 4.69) is 0 Å². The van der Waals surface area contributed by atoms with Gasteiger partial charge in [0.05, 0.1) is 29.9 Å². The fourth-order valence-electron chi connectivity index (χ4n) is 4.45. The van der Waals surface area contributed by atoms with Crippen molar-refractivity contribution in [1.29, 1.82) is 0 Å². The van der Waals surface area contributed by atoms with Gasteiger partial charge in [0.1, 0.15) is 11.4 Å². The van der Waals surface area contributed by atoms with Gasteiger partial charge in [0.2, 0.25) is 0 Å². The monoisotopic (exact) mass is 800 g/mol. The molecule has 0 bridgehead atoms. The van der Waals surface area contributed by atoms with Crippen LogP contribution in [0.2, 0.25) is 30.1 Å². The van der Waals surface area contributed by atoms with Gasteiger partial charge in [0.15, 0.2) is 0 Å². The number of carbonyl (C=O) groups is 2. The summed E-state index contributed by atoms with van der Waals surface area (Å²) < 4.78 is 57.2. The lowest BCUT2D eigenvalue weighted by atomic mass is 10.2. The van der Waals surface area contributed by atoms with Gasteiger partial charge in [-0.1, -0.05) is 106 Å². The average molecular weight is 803 g/mol. The van der Waals surface area contributed by atoms with Crippen LogP contribution in [0.25, 0.3) is 0 Å². The summed E-state index contributed by atoms with van der Waals surface area (Å²) in [7, 11) is -9.67. The van der Waals surface area contributed by atoms with Crippen LogP contribution in [0.15, 0.2) is 119 Å². The van der Waals surface area contributed by atoms with Crippen LogP contribution in [0.1, 0.15) is 20.7 Å². The molecule has 0 saturated carbocycles. The number of benzene rings is 5. The largest absolute Gasteiger partial charge is 0.272 e. The second kappa shape index (κ2) is 14.3. The zero-order chi connectivity index (χ0) is 35.0. The highest BCUT2D eigenvalue weighted by atomic mass is 35.5. The number of hydrogen-bond acceptors (Lipinski definition) is 6. The standard InChI is InChI=1S/C32H18Cl6N2O6S2/c33-21-11-15-23(16-12-21)47(43,44)39(31(41)19-7-3-1-4-8-19)29-25(35)27(37)30(28(38)26(29)36)40(32(42)20-9-5-2-6-10-20)48(45,46)24-17-13-22(34)14-18-24/h1-18H. The molecule has 48 heavy (non-hydrogen) atoms. The highest BCUT2D eigenvalue weighted by Crippen LogP contribution is 2.52. The molecule has 16 heteroatoms. The van der Waals surface area contributed by atoms with Crippen LogP contribution in [0, 0.1) is 0 Å². The number of rotatable bonds is 8. The van der Waals surface area contributed by atoms with Crippen molar-refractivity contribution in [3.05, 3.63) is 150 Å². The number of halogens is 6. The first kappa shape index (κ1) is 36.0. The summed E-state index contributed by atoms with van der Waals surface area (Å²) in [5, 5.41) is -2.40. The molecule has 0 fully saturated rings. The molecule has 0 unspecified atom stereocenters. The molecular weight excluding hydrogens is 785 g/mol. The second-order valence-electron chi connectivity index (χ2n) is 9.74. The van der Waals surface area contributed by atoms with E-state index < -0.39 is 63.3 Å². The van der Waals surface area contributed by atoms with Crippen molar-refractivity contribution in [3.8, 4) is 0 Å². The number of nitrogens with zero attached hydrogens (tertiary/aromatic N) is 2. The topological polar surface area (TPSA) is 109 Å². The first-order valence-corrected chi connectivity index (χ1v) is 18.5. The van der Waals surface area contributed by atoms with E-state index in [1.165, 1.54) is 72.8 Å². The third-order valence-corrected chi connectivity index (χ3v) is 12.3. The summed E-state index contributed by atoms with van der Waals surface area (Å²) in [5.74, 6) is -2.22. The first-order chi connectivity index (χ1) is 22.7. The predicted octanol–water partition coefficient (Wildman–Crippen LogP) is 9.68. The highest BCUT2D eigenvalue weighted by molar-refractivity contribution is 7.94. The Morgan fingerprint density at radius 1 is 0.417 bits per heavy atom. The molecule has 0 aliphatic heterocycles. The Bertz CT molecular complexity index is 2070. The summed E-state index contributed by atoms with van der Waals surface area (Å²) >= 11 is 38.9. The molecule has 2 amide bonds. The van der Waals surface area contributed by atoms with E-state index in [9.17, 15) is 26.4 Å². The minimum absolute atomic E-state index is 0.0929. The zero-order valence-corrected chi connectivity index (χ0v) is 30.0. The SMILES string of the molecule is O=C(c1ccccc1)N(c1c(Cl)c(Cl)c(N(C(=O)c2ccccc2)S(=O)(=O)c2ccc(Cl)cc2)c(Cl)c1Cl)S(=O)(=O)c1ccc(Cl)cc1. The summed E-state index contributed by atoms with van der Waals surface area (Å²) in [6, 6.07) is 24.4. The van der Waals surface area contributed by atoms with E-state index in [1.807, 2.05) is 0 Å². The molecule has 8 nitrogen and oxygen atoms in total. The normalized spacial score (nSPS) is 11.6. The quantitative estimate of drug-likeness (QED) is 0.145. The molecular formula is C32H18Cl6N2O6S2. The van der Waals surface area contributed by atoms with Gasteiger partial charge in [-0.05, 0) is 72.8 Å². The van der Waals surface area contributed by atoms with Crippen LogP contribution in [0.5, 0.6) is 0 Å². The molecule has 0 aliphatic rings. The maximum atomic E-state index is 14.2. The van der Waals surface area contributed by atoms with Crippen molar-refractivity contribution < 1.29 is 26.4 Å². The lowest BCUT2D eigenvalue weighted by molar-refractivity contribution is 0.0996. The predicted molar refractivity (Wildman–Crippen MR) is 190 cm³/mol. The van der Waals surface area contributed by atoms with Crippen LogP contribution < -0.4 is 8.61 Å². The van der Waals surface area contributed by atoms with E-state index in [1.54, 1.807) is 12.1 Å². The third kappa shape index (κ3) is 6.77.